The Morgan fingerprint density at radius 2 is 0.836 bits per heavy atom. The Balaban J connectivity index is 1.03. The Kier molecular flexibility index (Phi) is 23.0. The summed E-state index contributed by atoms with van der Waals surface area (Å²) in [4.78, 5) is 26.3. The van der Waals surface area contributed by atoms with Crippen molar-refractivity contribution in [2.45, 2.75) is 219 Å². The maximum absolute atomic E-state index is 13.2. The minimum absolute atomic E-state index is 0.0488. The zero-order chi connectivity index (χ0) is 42.9. The molecule has 340 valence electrons. The number of rotatable bonds is 30. The fraction of sp³-hybridized carbons (Fsp3) is 0.704. The minimum atomic E-state index is -0.353. The molecule has 0 unspecified atom stereocenters. The molecule has 2 saturated carbocycles. The molecule has 6 nitrogen and oxygen atoms in total. The minimum Gasteiger partial charge on any atom is -0.481 e. The van der Waals surface area contributed by atoms with E-state index in [-0.39, 0.29) is 37.4 Å². The molecule has 0 heterocycles. The normalized spacial score (nSPS) is 19.3. The molecule has 0 aromatic heterocycles. The van der Waals surface area contributed by atoms with Gasteiger partial charge in [-0.15, -0.1) is 0 Å². The summed E-state index contributed by atoms with van der Waals surface area (Å²) in [6.45, 7) is 4.17. The molecule has 0 aliphatic heterocycles. The molecule has 7 heteroatoms. The third-order valence-corrected chi connectivity index (χ3v) is 13.9. The number of halogens is 1. The van der Waals surface area contributed by atoms with Crippen LogP contribution in [-0.4, -0.2) is 37.4 Å². The van der Waals surface area contributed by atoms with Gasteiger partial charge in [0.2, 0.25) is 0 Å². The molecule has 3 aromatic carbocycles. The van der Waals surface area contributed by atoms with Crippen LogP contribution in [-0.2, 0) is 19.1 Å². The summed E-state index contributed by atoms with van der Waals surface area (Å²) in [7, 11) is 0. The molecule has 0 spiro atoms. The summed E-state index contributed by atoms with van der Waals surface area (Å²) in [5.74, 6) is 1.91. The lowest BCUT2D eigenvalue weighted by Crippen LogP contribution is -2.27. The maximum Gasteiger partial charge on any atom is 0.344 e. The quantitative estimate of drug-likeness (QED) is 0.0378. The van der Waals surface area contributed by atoms with Gasteiger partial charge >= 0.3 is 11.9 Å². The third kappa shape index (κ3) is 17.6. The average molecular weight is 862 g/mol. The first-order chi connectivity index (χ1) is 29.9. The van der Waals surface area contributed by atoms with Crippen LogP contribution >= 0.6 is 11.6 Å². The predicted molar refractivity (Wildman–Crippen MR) is 254 cm³/mol. The maximum atomic E-state index is 13.2. The van der Waals surface area contributed by atoms with Crippen molar-refractivity contribution in [2.24, 2.45) is 11.8 Å². The third-order valence-electron chi connectivity index (χ3n) is 13.7. The van der Waals surface area contributed by atoms with E-state index in [0.29, 0.717) is 16.5 Å². The van der Waals surface area contributed by atoms with Crippen LogP contribution in [0.3, 0.4) is 0 Å². The SMILES string of the molecule is CCCCCCCCCCCCC1CCC(OC(=O)COc2c3ccccc3c(OCC(=O)OC3CCC(CCCCCCCCCCCC)CC3)c3cc(Cl)ccc23)CC1. The number of carbonyl (C=O) groups is 2. The predicted octanol–water partition coefficient (Wildman–Crippen LogP) is 16.2. The average Bonchev–Trinajstić information content (AvgIpc) is 3.27. The second-order valence-corrected chi connectivity index (χ2v) is 19.1. The first-order valence-electron chi connectivity index (χ1n) is 25.2. The highest BCUT2D eigenvalue weighted by atomic mass is 35.5. The van der Waals surface area contributed by atoms with Crippen LogP contribution in [0, 0.1) is 11.8 Å². The van der Waals surface area contributed by atoms with E-state index in [1.165, 1.54) is 141 Å². The summed E-state index contributed by atoms with van der Waals surface area (Å²) < 4.78 is 24.5. The van der Waals surface area contributed by atoms with Crippen molar-refractivity contribution in [1.82, 2.24) is 0 Å². The lowest BCUT2D eigenvalue weighted by molar-refractivity contribution is -0.154. The van der Waals surface area contributed by atoms with E-state index in [1.807, 2.05) is 42.5 Å². The summed E-state index contributed by atoms with van der Waals surface area (Å²) in [6, 6.07) is 13.3. The lowest BCUT2D eigenvalue weighted by atomic mass is 9.84. The van der Waals surface area contributed by atoms with Gasteiger partial charge in [-0.3, -0.25) is 0 Å². The van der Waals surface area contributed by atoms with Gasteiger partial charge in [-0.1, -0.05) is 191 Å². The van der Waals surface area contributed by atoms with Gasteiger partial charge in [0, 0.05) is 26.6 Å². The Morgan fingerprint density at radius 3 is 1.25 bits per heavy atom. The molecule has 2 aliphatic rings. The standard InChI is InChI=1S/C54H81ClO6/c1-3-5-7-9-11-13-15-17-19-21-25-42-29-34-45(35-30-42)60-51(56)40-58-53-47-27-23-24-28-48(47)54(50-39-44(55)33-38-49(50)53)59-41-52(57)61-46-36-31-43(32-37-46)26-22-20-18-16-14-12-10-8-6-4-2/h23-24,27-28,33,38-39,42-43,45-46H,3-22,25-26,29-32,34-37,40-41H2,1-2H3. The number of ether oxygens (including phenoxy) is 4. The highest BCUT2D eigenvalue weighted by molar-refractivity contribution is 6.31. The van der Waals surface area contributed by atoms with E-state index in [2.05, 4.69) is 13.8 Å². The largest absolute Gasteiger partial charge is 0.481 e. The molecule has 0 N–H and O–H groups in total. The number of benzene rings is 3. The molecule has 0 bridgehead atoms. The Labute approximate surface area is 374 Å². The van der Waals surface area contributed by atoms with Crippen molar-refractivity contribution in [1.29, 1.82) is 0 Å². The molecule has 2 aliphatic carbocycles. The van der Waals surface area contributed by atoms with Crippen LogP contribution in [0.5, 0.6) is 11.5 Å². The van der Waals surface area contributed by atoms with Crippen LogP contribution in [0.2, 0.25) is 5.02 Å². The van der Waals surface area contributed by atoms with Crippen LogP contribution < -0.4 is 9.47 Å². The molecular formula is C54H81ClO6. The number of unbranched alkanes of at least 4 members (excludes halogenated alkanes) is 18. The van der Waals surface area contributed by atoms with Crippen LogP contribution in [0.25, 0.3) is 21.5 Å². The molecule has 61 heavy (non-hydrogen) atoms. The number of fused-ring (bicyclic) bond motifs is 2. The summed E-state index contributed by atoms with van der Waals surface area (Å²) in [6.07, 6.45) is 38.1. The molecule has 3 aromatic rings. The van der Waals surface area contributed by atoms with Gasteiger partial charge in [-0.25, -0.2) is 9.59 Å². The fourth-order valence-corrected chi connectivity index (χ4v) is 10.2. The van der Waals surface area contributed by atoms with Crippen LogP contribution in [0.1, 0.15) is 206 Å². The highest BCUT2D eigenvalue weighted by Gasteiger charge is 2.26. The number of esters is 2. The molecule has 0 radical (unpaired) electrons. The fourth-order valence-electron chi connectivity index (χ4n) is 10.0. The van der Waals surface area contributed by atoms with E-state index >= 15 is 0 Å². The molecular weight excluding hydrogens is 780 g/mol. The first-order valence-corrected chi connectivity index (χ1v) is 25.6. The van der Waals surface area contributed by atoms with Gasteiger partial charge in [0.1, 0.15) is 23.7 Å². The molecule has 0 saturated heterocycles. The lowest BCUT2D eigenvalue weighted by Gasteiger charge is -2.28. The summed E-state index contributed by atoms with van der Waals surface area (Å²) in [5.41, 5.74) is 0. The number of carbonyl (C=O) groups excluding carboxylic acids is 2. The van der Waals surface area contributed by atoms with Gasteiger partial charge in [0.05, 0.1) is 0 Å². The van der Waals surface area contributed by atoms with Crippen molar-refractivity contribution in [3.63, 3.8) is 0 Å². The summed E-state index contributed by atoms with van der Waals surface area (Å²) >= 11 is 6.53. The molecule has 0 amide bonds. The van der Waals surface area contributed by atoms with Gasteiger partial charge in [-0.05, 0) is 81.4 Å². The number of hydrogen-bond acceptors (Lipinski definition) is 6. The summed E-state index contributed by atoms with van der Waals surface area (Å²) in [5, 5.41) is 3.59. The van der Waals surface area contributed by atoms with E-state index in [1.54, 1.807) is 0 Å². The molecule has 0 atom stereocenters. The van der Waals surface area contributed by atoms with Crippen molar-refractivity contribution in [2.75, 3.05) is 13.2 Å². The van der Waals surface area contributed by atoms with Gasteiger partial charge in [-0.2, -0.15) is 0 Å². The highest BCUT2D eigenvalue weighted by Crippen LogP contribution is 2.44. The van der Waals surface area contributed by atoms with Crippen molar-refractivity contribution >= 4 is 45.1 Å². The van der Waals surface area contributed by atoms with Crippen LogP contribution in [0.4, 0.5) is 0 Å². The number of hydrogen-bond donors (Lipinski definition) is 0. The Hall–Kier alpha value is -2.99. The monoisotopic (exact) mass is 861 g/mol. The van der Waals surface area contributed by atoms with E-state index < -0.39 is 0 Å². The van der Waals surface area contributed by atoms with Gasteiger partial charge in [0.25, 0.3) is 0 Å². The first kappa shape index (κ1) is 49.0. The van der Waals surface area contributed by atoms with Crippen molar-refractivity contribution in [3.05, 3.63) is 47.5 Å². The Bertz CT molecular complexity index is 1690. The second kappa shape index (κ2) is 28.6. The van der Waals surface area contributed by atoms with Crippen molar-refractivity contribution in [3.8, 4) is 11.5 Å². The zero-order valence-electron chi connectivity index (χ0n) is 38.3. The van der Waals surface area contributed by atoms with Crippen molar-refractivity contribution < 1.29 is 28.5 Å². The topological polar surface area (TPSA) is 71.1 Å². The molecule has 5 rings (SSSR count). The van der Waals surface area contributed by atoms with Gasteiger partial charge < -0.3 is 18.9 Å². The molecule has 2 fully saturated rings. The smallest absolute Gasteiger partial charge is 0.344 e. The van der Waals surface area contributed by atoms with Crippen LogP contribution in [0.15, 0.2) is 42.5 Å². The Morgan fingerprint density at radius 1 is 0.475 bits per heavy atom. The van der Waals surface area contributed by atoms with E-state index in [4.69, 9.17) is 30.5 Å². The van der Waals surface area contributed by atoms with Gasteiger partial charge in [0.15, 0.2) is 13.2 Å². The van der Waals surface area contributed by atoms with E-state index in [9.17, 15) is 9.59 Å². The van der Waals surface area contributed by atoms with E-state index in [0.717, 1.165) is 84.7 Å². The zero-order valence-corrected chi connectivity index (χ0v) is 39.1. The second-order valence-electron chi connectivity index (χ2n) is 18.7.